The van der Waals surface area contributed by atoms with Crippen molar-refractivity contribution in [2.45, 2.75) is 13.8 Å². The molecule has 0 unspecified atom stereocenters. The van der Waals surface area contributed by atoms with Gasteiger partial charge in [0.2, 0.25) is 5.91 Å². The highest BCUT2D eigenvalue weighted by Gasteiger charge is 1.95. The number of hydrogen-bond donors (Lipinski definition) is 1. The number of carbonyl (C=O) groups is 1. The molecule has 1 aromatic rings. The van der Waals surface area contributed by atoms with Crippen molar-refractivity contribution >= 4 is 23.3 Å². The number of thiophene rings is 1. The van der Waals surface area contributed by atoms with E-state index in [-0.39, 0.29) is 5.91 Å². The first-order valence-electron chi connectivity index (χ1n) is 4.24. The standard InChI is InChI=1S/C10H13NOS/c1-3-11-10(12)5-4-9-8(2)6-7-13-9/h4-7H,3H2,1-2H3,(H,11,12)/b5-4+. The van der Waals surface area contributed by atoms with E-state index < -0.39 is 0 Å². The molecule has 0 radical (unpaired) electrons. The molecule has 0 saturated heterocycles. The van der Waals surface area contributed by atoms with Crippen LogP contribution in [0.5, 0.6) is 0 Å². The minimum Gasteiger partial charge on any atom is -0.353 e. The summed E-state index contributed by atoms with van der Waals surface area (Å²) in [6.07, 6.45) is 3.42. The van der Waals surface area contributed by atoms with E-state index in [1.54, 1.807) is 17.4 Å². The summed E-state index contributed by atoms with van der Waals surface area (Å²) in [6.45, 7) is 4.61. The molecule has 0 aliphatic carbocycles. The molecule has 1 rings (SSSR count). The molecule has 1 amide bonds. The summed E-state index contributed by atoms with van der Waals surface area (Å²) < 4.78 is 0. The third-order valence-electron chi connectivity index (χ3n) is 1.64. The summed E-state index contributed by atoms with van der Waals surface area (Å²) in [7, 11) is 0. The third kappa shape index (κ3) is 3.03. The molecule has 2 nitrogen and oxygen atoms in total. The van der Waals surface area contributed by atoms with E-state index in [2.05, 4.69) is 5.32 Å². The predicted molar refractivity (Wildman–Crippen MR) is 56.8 cm³/mol. The van der Waals surface area contributed by atoms with Crippen molar-refractivity contribution in [1.29, 1.82) is 0 Å². The topological polar surface area (TPSA) is 29.1 Å². The van der Waals surface area contributed by atoms with Gasteiger partial charge in [-0.3, -0.25) is 4.79 Å². The summed E-state index contributed by atoms with van der Waals surface area (Å²) in [5.74, 6) is -0.0321. The maximum atomic E-state index is 11.1. The molecule has 13 heavy (non-hydrogen) atoms. The van der Waals surface area contributed by atoms with Gasteiger partial charge < -0.3 is 5.32 Å². The Labute approximate surface area is 82.3 Å². The fraction of sp³-hybridized carbons (Fsp3) is 0.300. The maximum Gasteiger partial charge on any atom is 0.244 e. The molecule has 0 aliphatic heterocycles. The van der Waals surface area contributed by atoms with Crippen molar-refractivity contribution in [1.82, 2.24) is 5.32 Å². The number of carbonyl (C=O) groups excluding carboxylic acids is 1. The van der Waals surface area contributed by atoms with E-state index in [9.17, 15) is 4.79 Å². The average Bonchev–Trinajstić information content (AvgIpc) is 2.48. The quantitative estimate of drug-likeness (QED) is 0.736. The molecule has 0 spiro atoms. The summed E-state index contributed by atoms with van der Waals surface area (Å²) in [6, 6.07) is 2.04. The second-order valence-electron chi connectivity index (χ2n) is 2.70. The molecule has 0 bridgehead atoms. The zero-order chi connectivity index (χ0) is 9.68. The van der Waals surface area contributed by atoms with E-state index in [1.165, 1.54) is 5.56 Å². The van der Waals surface area contributed by atoms with E-state index in [0.29, 0.717) is 6.54 Å². The Hall–Kier alpha value is -1.09. The lowest BCUT2D eigenvalue weighted by Crippen LogP contribution is -2.19. The zero-order valence-corrected chi connectivity index (χ0v) is 8.65. The monoisotopic (exact) mass is 195 g/mol. The van der Waals surface area contributed by atoms with Gasteiger partial charge in [-0.2, -0.15) is 0 Å². The number of hydrogen-bond acceptors (Lipinski definition) is 2. The normalized spacial score (nSPS) is 10.6. The van der Waals surface area contributed by atoms with E-state index >= 15 is 0 Å². The van der Waals surface area contributed by atoms with Gasteiger partial charge in [0.05, 0.1) is 0 Å². The molecular formula is C10H13NOS. The molecule has 3 heteroatoms. The number of nitrogens with one attached hydrogen (secondary N) is 1. The van der Waals surface area contributed by atoms with Crippen molar-refractivity contribution in [3.8, 4) is 0 Å². The Morgan fingerprint density at radius 3 is 3.00 bits per heavy atom. The highest BCUT2D eigenvalue weighted by molar-refractivity contribution is 7.11. The largest absolute Gasteiger partial charge is 0.353 e. The van der Waals surface area contributed by atoms with Gasteiger partial charge in [0, 0.05) is 17.5 Å². The summed E-state index contributed by atoms with van der Waals surface area (Å²) in [4.78, 5) is 12.2. The number of likely N-dealkylation sites (N-methyl/N-ethyl adjacent to an activating group) is 1. The van der Waals surface area contributed by atoms with Gasteiger partial charge in [0.15, 0.2) is 0 Å². The van der Waals surface area contributed by atoms with Crippen LogP contribution in [0.4, 0.5) is 0 Å². The zero-order valence-electron chi connectivity index (χ0n) is 7.83. The molecular weight excluding hydrogens is 182 g/mol. The molecule has 70 valence electrons. The van der Waals surface area contributed by atoms with Gasteiger partial charge in [-0.1, -0.05) is 0 Å². The Morgan fingerprint density at radius 1 is 1.69 bits per heavy atom. The van der Waals surface area contributed by atoms with Crippen LogP contribution in [0, 0.1) is 6.92 Å². The number of amides is 1. The predicted octanol–water partition coefficient (Wildman–Crippen LogP) is 2.21. The number of rotatable bonds is 3. The van der Waals surface area contributed by atoms with Gasteiger partial charge in [-0.25, -0.2) is 0 Å². The fourth-order valence-electron chi connectivity index (χ4n) is 0.940. The van der Waals surface area contributed by atoms with Crippen molar-refractivity contribution in [3.63, 3.8) is 0 Å². The summed E-state index contributed by atoms with van der Waals surface area (Å²) in [5, 5.41) is 4.73. The highest BCUT2D eigenvalue weighted by Crippen LogP contribution is 2.16. The lowest BCUT2D eigenvalue weighted by atomic mass is 10.3. The van der Waals surface area contributed by atoms with E-state index in [0.717, 1.165) is 4.88 Å². The van der Waals surface area contributed by atoms with Gasteiger partial charge in [0.1, 0.15) is 0 Å². The van der Waals surface area contributed by atoms with Crippen LogP contribution in [0.3, 0.4) is 0 Å². The Bertz CT molecular complexity index is 314. The third-order valence-corrected chi connectivity index (χ3v) is 2.62. The van der Waals surface area contributed by atoms with Crippen LogP contribution in [0.2, 0.25) is 0 Å². The highest BCUT2D eigenvalue weighted by atomic mass is 32.1. The van der Waals surface area contributed by atoms with Crippen LogP contribution >= 0.6 is 11.3 Å². The van der Waals surface area contributed by atoms with Crippen molar-refractivity contribution in [3.05, 3.63) is 28.0 Å². The lowest BCUT2D eigenvalue weighted by Gasteiger charge is -1.94. The van der Waals surface area contributed by atoms with Gasteiger partial charge in [-0.15, -0.1) is 11.3 Å². The SMILES string of the molecule is CCNC(=O)/C=C/c1sccc1C. The minimum absolute atomic E-state index is 0.0321. The van der Waals surface area contributed by atoms with Crippen LogP contribution in [-0.2, 0) is 4.79 Å². The second kappa shape index (κ2) is 4.82. The molecule has 0 aliphatic rings. The van der Waals surface area contributed by atoms with Crippen molar-refractivity contribution < 1.29 is 4.79 Å². The Kier molecular flexibility index (Phi) is 3.71. The molecule has 0 aromatic carbocycles. The van der Waals surface area contributed by atoms with Crippen LogP contribution in [0.25, 0.3) is 6.08 Å². The Balaban J connectivity index is 2.58. The van der Waals surface area contributed by atoms with E-state index in [4.69, 9.17) is 0 Å². The molecule has 0 saturated carbocycles. The van der Waals surface area contributed by atoms with Crippen molar-refractivity contribution in [2.75, 3.05) is 6.54 Å². The van der Waals surface area contributed by atoms with Crippen LogP contribution < -0.4 is 5.32 Å². The molecule has 1 heterocycles. The molecule has 0 atom stereocenters. The summed E-state index contributed by atoms with van der Waals surface area (Å²) >= 11 is 1.64. The molecule has 1 aromatic heterocycles. The summed E-state index contributed by atoms with van der Waals surface area (Å²) in [5.41, 5.74) is 1.21. The number of aryl methyl sites for hydroxylation is 1. The molecule has 1 N–H and O–H groups in total. The van der Waals surface area contributed by atoms with E-state index in [1.807, 2.05) is 31.4 Å². The first kappa shape index (κ1) is 9.99. The second-order valence-corrected chi connectivity index (χ2v) is 3.64. The van der Waals surface area contributed by atoms with Gasteiger partial charge >= 0.3 is 0 Å². The van der Waals surface area contributed by atoms with Crippen molar-refractivity contribution in [2.24, 2.45) is 0 Å². The maximum absolute atomic E-state index is 11.1. The first-order chi connectivity index (χ1) is 6.24. The smallest absolute Gasteiger partial charge is 0.244 e. The Morgan fingerprint density at radius 2 is 2.46 bits per heavy atom. The van der Waals surface area contributed by atoms with Crippen LogP contribution in [-0.4, -0.2) is 12.5 Å². The first-order valence-corrected chi connectivity index (χ1v) is 5.12. The van der Waals surface area contributed by atoms with Crippen LogP contribution in [0.1, 0.15) is 17.4 Å². The lowest BCUT2D eigenvalue weighted by molar-refractivity contribution is -0.116. The average molecular weight is 195 g/mol. The minimum atomic E-state index is -0.0321. The fourth-order valence-corrected chi connectivity index (χ4v) is 1.76. The van der Waals surface area contributed by atoms with Gasteiger partial charge in [-0.05, 0) is 36.9 Å². The molecule has 0 fully saturated rings. The van der Waals surface area contributed by atoms with Crippen LogP contribution in [0.15, 0.2) is 17.5 Å². The van der Waals surface area contributed by atoms with Gasteiger partial charge in [0.25, 0.3) is 0 Å².